The van der Waals surface area contributed by atoms with Gasteiger partial charge < -0.3 is 9.84 Å². The Hall–Kier alpha value is -2.04. The van der Waals surface area contributed by atoms with Crippen molar-refractivity contribution in [2.24, 2.45) is 0 Å². The number of benzene rings is 1. The first kappa shape index (κ1) is 11.0. The fraction of sp³-hybridized carbons (Fsp3) is 0.100. The highest BCUT2D eigenvalue weighted by atomic mass is 16.5. The van der Waals surface area contributed by atoms with Crippen molar-refractivity contribution in [2.75, 3.05) is 5.32 Å². The Bertz CT molecular complexity index is 358. The van der Waals surface area contributed by atoms with Crippen molar-refractivity contribution in [1.29, 1.82) is 0 Å². The summed E-state index contributed by atoms with van der Waals surface area (Å²) in [5.41, 5.74) is 1.19. The molecule has 0 aliphatic rings. The van der Waals surface area contributed by atoms with E-state index in [1.807, 2.05) is 0 Å². The van der Waals surface area contributed by atoms with E-state index in [1.165, 1.54) is 0 Å². The van der Waals surface area contributed by atoms with Crippen molar-refractivity contribution in [1.82, 2.24) is 0 Å². The van der Waals surface area contributed by atoms with Crippen LogP contribution >= 0.6 is 0 Å². The summed E-state index contributed by atoms with van der Waals surface area (Å²) in [5, 5.41) is 10.9. The number of ether oxygens (including phenoxy) is 1. The number of amides is 1. The Kier molecular flexibility index (Phi) is 3.68. The van der Waals surface area contributed by atoms with Gasteiger partial charge in [0.1, 0.15) is 7.11 Å². The number of carbonyl (C=O) groups is 2. The van der Waals surface area contributed by atoms with Gasteiger partial charge in [-0.25, -0.2) is 4.79 Å². The molecule has 0 bridgehead atoms. The van der Waals surface area contributed by atoms with E-state index in [-0.39, 0.29) is 6.42 Å². The molecule has 15 heavy (non-hydrogen) atoms. The van der Waals surface area contributed by atoms with Crippen LogP contribution in [0.5, 0.6) is 0 Å². The van der Waals surface area contributed by atoms with Crippen molar-refractivity contribution >= 4 is 17.7 Å². The van der Waals surface area contributed by atoms with E-state index in [0.29, 0.717) is 11.3 Å². The lowest BCUT2D eigenvalue weighted by atomic mass is 10.1. The van der Waals surface area contributed by atoms with Crippen LogP contribution in [-0.2, 0) is 16.0 Å². The van der Waals surface area contributed by atoms with Crippen molar-refractivity contribution in [3.05, 3.63) is 36.9 Å². The molecule has 0 unspecified atom stereocenters. The van der Waals surface area contributed by atoms with Crippen molar-refractivity contribution in [2.45, 2.75) is 6.42 Å². The van der Waals surface area contributed by atoms with E-state index in [9.17, 15) is 9.59 Å². The minimum atomic E-state index is -0.895. The maximum Gasteiger partial charge on any atom is 0.411 e. The zero-order valence-electron chi connectivity index (χ0n) is 7.90. The topological polar surface area (TPSA) is 75.6 Å². The van der Waals surface area contributed by atoms with E-state index >= 15 is 0 Å². The summed E-state index contributed by atoms with van der Waals surface area (Å²) < 4.78 is 4.15. The second kappa shape index (κ2) is 4.99. The summed E-state index contributed by atoms with van der Waals surface area (Å²) >= 11 is 0. The summed E-state index contributed by atoms with van der Waals surface area (Å²) in [6.45, 7) is 0. The summed E-state index contributed by atoms with van der Waals surface area (Å²) in [4.78, 5) is 21.1. The van der Waals surface area contributed by atoms with Crippen LogP contribution in [-0.4, -0.2) is 17.2 Å². The minimum Gasteiger partial charge on any atom is -0.481 e. The molecule has 0 atom stereocenters. The lowest BCUT2D eigenvalue weighted by molar-refractivity contribution is -0.136. The normalized spacial score (nSPS) is 9.40. The molecule has 0 heterocycles. The zero-order valence-corrected chi connectivity index (χ0v) is 7.90. The number of anilines is 1. The van der Waals surface area contributed by atoms with E-state index in [2.05, 4.69) is 17.2 Å². The van der Waals surface area contributed by atoms with Crippen LogP contribution in [0.15, 0.2) is 24.3 Å². The lowest BCUT2D eigenvalue weighted by Crippen LogP contribution is -2.09. The minimum absolute atomic E-state index is 0.0416. The van der Waals surface area contributed by atoms with Crippen LogP contribution in [0, 0.1) is 7.11 Å². The molecule has 1 amide bonds. The summed E-state index contributed by atoms with van der Waals surface area (Å²) in [6.07, 6.45) is -0.707. The van der Waals surface area contributed by atoms with Crippen molar-refractivity contribution in [3.63, 3.8) is 0 Å². The SMILES string of the molecule is [CH2]OC(=O)Nc1ccc(CC(=O)O)cc1. The van der Waals surface area contributed by atoms with Gasteiger partial charge in [0.25, 0.3) is 0 Å². The third-order valence-corrected chi connectivity index (χ3v) is 1.69. The van der Waals surface area contributed by atoms with E-state index in [1.54, 1.807) is 24.3 Å². The quantitative estimate of drug-likeness (QED) is 0.791. The average Bonchev–Trinajstić information content (AvgIpc) is 2.20. The first-order valence-corrected chi connectivity index (χ1v) is 4.15. The Balaban J connectivity index is 2.64. The molecule has 79 valence electrons. The highest BCUT2D eigenvalue weighted by Gasteiger charge is 2.02. The second-order valence-electron chi connectivity index (χ2n) is 2.82. The first-order valence-electron chi connectivity index (χ1n) is 4.15. The molecule has 0 aliphatic carbocycles. The van der Waals surface area contributed by atoms with Gasteiger partial charge in [-0.3, -0.25) is 10.1 Å². The zero-order chi connectivity index (χ0) is 11.3. The van der Waals surface area contributed by atoms with Crippen LogP contribution < -0.4 is 5.32 Å². The number of hydrogen-bond acceptors (Lipinski definition) is 3. The summed E-state index contributed by atoms with van der Waals surface area (Å²) in [6, 6.07) is 6.42. The molecule has 1 radical (unpaired) electrons. The Morgan fingerprint density at radius 2 is 1.93 bits per heavy atom. The highest BCUT2D eigenvalue weighted by Crippen LogP contribution is 2.10. The number of hydrogen-bond donors (Lipinski definition) is 2. The van der Waals surface area contributed by atoms with Gasteiger partial charge in [-0.15, -0.1) is 0 Å². The maximum atomic E-state index is 10.8. The largest absolute Gasteiger partial charge is 0.481 e. The summed E-state index contributed by atoms with van der Waals surface area (Å²) in [7, 11) is 2.95. The van der Waals surface area contributed by atoms with Gasteiger partial charge in [0.2, 0.25) is 0 Å². The predicted octanol–water partition coefficient (Wildman–Crippen LogP) is 1.65. The summed E-state index contributed by atoms with van der Waals surface area (Å²) in [5.74, 6) is -0.895. The molecule has 1 aromatic rings. The molecule has 0 aliphatic heterocycles. The molecular formula is C10H10NO4. The number of carboxylic acids is 1. The Labute approximate surface area is 86.7 Å². The maximum absolute atomic E-state index is 10.8. The Morgan fingerprint density at radius 3 is 2.40 bits per heavy atom. The van der Waals surface area contributed by atoms with Crippen LogP contribution in [0.3, 0.4) is 0 Å². The number of aliphatic carboxylic acids is 1. The first-order chi connectivity index (χ1) is 7.11. The molecule has 0 saturated carbocycles. The van der Waals surface area contributed by atoms with Crippen LogP contribution in [0.2, 0.25) is 0 Å². The van der Waals surface area contributed by atoms with E-state index in [4.69, 9.17) is 5.11 Å². The van der Waals surface area contributed by atoms with Gasteiger partial charge in [-0.05, 0) is 17.7 Å². The lowest BCUT2D eigenvalue weighted by Gasteiger charge is -2.03. The van der Waals surface area contributed by atoms with Crippen LogP contribution in [0.1, 0.15) is 5.56 Å². The molecule has 1 rings (SSSR count). The molecule has 0 aromatic heterocycles. The molecule has 5 nitrogen and oxygen atoms in total. The average molecular weight is 208 g/mol. The molecule has 0 fully saturated rings. The molecular weight excluding hydrogens is 198 g/mol. The predicted molar refractivity (Wildman–Crippen MR) is 53.2 cm³/mol. The molecule has 0 saturated heterocycles. The third-order valence-electron chi connectivity index (χ3n) is 1.69. The standard InChI is InChI=1S/C10H10NO4/c1-15-10(14)11-8-4-2-7(3-5-8)6-9(12)13/h2-5H,1,6H2,(H,11,14)(H,12,13). The van der Waals surface area contributed by atoms with Gasteiger partial charge in [-0.2, -0.15) is 0 Å². The molecule has 2 N–H and O–H groups in total. The molecule has 0 spiro atoms. The number of nitrogens with one attached hydrogen (secondary N) is 1. The number of rotatable bonds is 3. The fourth-order valence-corrected chi connectivity index (χ4v) is 1.03. The van der Waals surface area contributed by atoms with Gasteiger partial charge in [0, 0.05) is 5.69 Å². The van der Waals surface area contributed by atoms with E-state index < -0.39 is 12.1 Å². The van der Waals surface area contributed by atoms with Crippen molar-refractivity contribution in [3.8, 4) is 0 Å². The number of carboxylic acid groups (broad SMARTS) is 1. The monoisotopic (exact) mass is 208 g/mol. The van der Waals surface area contributed by atoms with Gasteiger partial charge in [0.15, 0.2) is 0 Å². The smallest absolute Gasteiger partial charge is 0.411 e. The van der Waals surface area contributed by atoms with Gasteiger partial charge in [0.05, 0.1) is 6.42 Å². The van der Waals surface area contributed by atoms with Crippen LogP contribution in [0.25, 0.3) is 0 Å². The molecule has 1 aromatic carbocycles. The molecule has 5 heteroatoms. The van der Waals surface area contributed by atoms with E-state index in [0.717, 1.165) is 0 Å². The Morgan fingerprint density at radius 1 is 1.33 bits per heavy atom. The van der Waals surface area contributed by atoms with Crippen molar-refractivity contribution < 1.29 is 19.4 Å². The highest BCUT2D eigenvalue weighted by molar-refractivity contribution is 5.84. The third kappa shape index (κ3) is 3.68. The van der Waals surface area contributed by atoms with Gasteiger partial charge >= 0.3 is 12.1 Å². The van der Waals surface area contributed by atoms with Crippen LogP contribution in [0.4, 0.5) is 10.5 Å². The second-order valence-corrected chi connectivity index (χ2v) is 2.82. The van der Waals surface area contributed by atoms with Gasteiger partial charge in [-0.1, -0.05) is 12.1 Å². The fourth-order valence-electron chi connectivity index (χ4n) is 1.03. The number of carbonyl (C=O) groups excluding carboxylic acids is 1.